The summed E-state index contributed by atoms with van der Waals surface area (Å²) in [7, 11) is 0. The maximum atomic E-state index is 13.1. The minimum Gasteiger partial charge on any atom is -0.463 e. The summed E-state index contributed by atoms with van der Waals surface area (Å²) in [4.78, 5) is 38.3. The molecule has 0 radical (unpaired) electrons. The molecule has 0 saturated carbocycles. The van der Waals surface area contributed by atoms with E-state index in [1.54, 1.807) is 6.92 Å². The van der Waals surface area contributed by atoms with Crippen LogP contribution in [-0.2, 0) is 25.5 Å². The van der Waals surface area contributed by atoms with Crippen molar-refractivity contribution in [2.24, 2.45) is 17.3 Å². The summed E-state index contributed by atoms with van der Waals surface area (Å²) in [6.45, 7) is 7.54. The molecule has 4 atom stereocenters. The monoisotopic (exact) mass is 458 g/mol. The average Bonchev–Trinajstić information content (AvgIpc) is 2.76. The molecule has 1 aromatic carbocycles. The molecular weight excluding hydrogens is 420 g/mol. The van der Waals surface area contributed by atoms with Crippen LogP contribution in [0.25, 0.3) is 0 Å². The Bertz CT molecular complexity index is 816. The Labute approximate surface area is 197 Å². The number of benzene rings is 1. The number of nitrogens with one attached hydrogen (secondary N) is 2. The molecule has 33 heavy (non-hydrogen) atoms. The van der Waals surface area contributed by atoms with Crippen LogP contribution in [0, 0.1) is 17.3 Å². The molecule has 2 rings (SSSR count). The number of hydrogen-bond donors (Lipinski definition) is 3. The van der Waals surface area contributed by atoms with Crippen molar-refractivity contribution in [2.45, 2.75) is 65.5 Å². The summed E-state index contributed by atoms with van der Waals surface area (Å²) in [5.41, 5.74) is 0.719. The molecule has 1 aliphatic rings. The van der Waals surface area contributed by atoms with Crippen LogP contribution in [0.15, 0.2) is 42.5 Å². The lowest BCUT2D eigenvalue weighted by atomic mass is 9.86. The minimum absolute atomic E-state index is 0.0185. The van der Waals surface area contributed by atoms with Crippen molar-refractivity contribution in [3.63, 3.8) is 0 Å². The molecule has 1 aromatic rings. The van der Waals surface area contributed by atoms with Crippen LogP contribution in [0.1, 0.15) is 52.5 Å². The molecular formula is C26H38N2O5. The third-order valence-corrected chi connectivity index (χ3v) is 5.90. The van der Waals surface area contributed by atoms with Crippen LogP contribution >= 0.6 is 0 Å². The highest BCUT2D eigenvalue weighted by molar-refractivity contribution is 5.86. The number of cyclic esters (lactones) is 1. The number of allylic oxidation sites excluding steroid dienone is 2. The van der Waals surface area contributed by atoms with E-state index in [1.807, 2.05) is 63.3 Å². The van der Waals surface area contributed by atoms with Crippen molar-refractivity contribution in [3.05, 3.63) is 48.0 Å². The van der Waals surface area contributed by atoms with E-state index in [4.69, 9.17) is 4.74 Å². The molecule has 0 fully saturated rings. The van der Waals surface area contributed by atoms with E-state index >= 15 is 0 Å². The predicted molar refractivity (Wildman–Crippen MR) is 127 cm³/mol. The first-order valence-electron chi connectivity index (χ1n) is 11.7. The van der Waals surface area contributed by atoms with Gasteiger partial charge < -0.3 is 20.5 Å². The maximum absolute atomic E-state index is 13.1. The molecule has 7 nitrogen and oxygen atoms in total. The second kappa shape index (κ2) is 12.5. The van der Waals surface area contributed by atoms with E-state index in [2.05, 4.69) is 10.6 Å². The predicted octanol–water partition coefficient (Wildman–Crippen LogP) is 2.77. The number of aliphatic hydroxyl groups excluding tert-OH is 1. The van der Waals surface area contributed by atoms with Gasteiger partial charge in [0, 0.05) is 12.5 Å². The van der Waals surface area contributed by atoms with Crippen LogP contribution in [-0.4, -0.2) is 48.2 Å². The van der Waals surface area contributed by atoms with E-state index in [0.29, 0.717) is 19.3 Å². The Balaban J connectivity index is 2.21. The average molecular weight is 459 g/mol. The van der Waals surface area contributed by atoms with Crippen LogP contribution < -0.4 is 10.6 Å². The number of carbonyl (C=O) groups is 3. The van der Waals surface area contributed by atoms with Gasteiger partial charge in [0.15, 0.2) is 0 Å². The molecule has 3 N–H and O–H groups in total. The Hall–Kier alpha value is -2.67. The van der Waals surface area contributed by atoms with Crippen molar-refractivity contribution < 1.29 is 24.2 Å². The molecule has 0 bridgehead atoms. The number of amides is 2. The Morgan fingerprint density at radius 2 is 1.79 bits per heavy atom. The van der Waals surface area contributed by atoms with Crippen LogP contribution in [0.3, 0.4) is 0 Å². The molecule has 182 valence electrons. The molecule has 7 heteroatoms. The van der Waals surface area contributed by atoms with E-state index < -0.39 is 12.0 Å². The fourth-order valence-corrected chi connectivity index (χ4v) is 3.65. The Morgan fingerprint density at radius 3 is 2.39 bits per heavy atom. The summed E-state index contributed by atoms with van der Waals surface area (Å²) in [6, 6.07) is 9.06. The van der Waals surface area contributed by atoms with Gasteiger partial charge in [0.2, 0.25) is 11.8 Å². The number of ether oxygens (including phenoxy) is 1. The van der Waals surface area contributed by atoms with Crippen LogP contribution in [0.4, 0.5) is 0 Å². The lowest BCUT2D eigenvalue weighted by Crippen LogP contribution is -2.50. The summed E-state index contributed by atoms with van der Waals surface area (Å²) in [5, 5.41) is 14.9. The van der Waals surface area contributed by atoms with Gasteiger partial charge in [-0.1, -0.05) is 63.3 Å². The van der Waals surface area contributed by atoms with Gasteiger partial charge in [-0.25, -0.2) is 0 Å². The fraction of sp³-hybridized carbons (Fsp3) is 0.577. The number of aliphatic hydroxyl groups is 1. The SMILES string of the molecule is CC(CO)NC(=O)CC1CC=CCC(Cc2ccccc2)C(=O)OCC(C(C)(C)C)NC1=O. The van der Waals surface area contributed by atoms with Gasteiger partial charge in [-0.2, -0.15) is 0 Å². The van der Waals surface area contributed by atoms with E-state index in [0.717, 1.165) is 5.56 Å². The maximum Gasteiger partial charge on any atom is 0.309 e. The fourth-order valence-electron chi connectivity index (χ4n) is 3.65. The molecule has 4 unspecified atom stereocenters. The van der Waals surface area contributed by atoms with Gasteiger partial charge in [-0.15, -0.1) is 0 Å². The summed E-state index contributed by atoms with van der Waals surface area (Å²) < 4.78 is 5.68. The minimum atomic E-state index is -0.556. The third-order valence-electron chi connectivity index (χ3n) is 5.90. The number of esters is 1. The smallest absolute Gasteiger partial charge is 0.309 e. The number of carbonyl (C=O) groups excluding carboxylic acids is 3. The van der Waals surface area contributed by atoms with E-state index in [-0.39, 0.29) is 54.8 Å². The lowest BCUT2D eigenvalue weighted by molar-refractivity contribution is -0.151. The van der Waals surface area contributed by atoms with Crippen molar-refractivity contribution >= 4 is 17.8 Å². The number of hydrogen-bond acceptors (Lipinski definition) is 5. The van der Waals surface area contributed by atoms with Crippen molar-refractivity contribution in [2.75, 3.05) is 13.2 Å². The summed E-state index contributed by atoms with van der Waals surface area (Å²) in [6.07, 6.45) is 5.23. The third kappa shape index (κ3) is 9.00. The standard InChI is InChI=1S/C26H38N2O5/c1-18(16-29)27-23(30)15-20-12-8-9-13-21(14-19-10-6-5-7-11-19)25(32)33-17-22(26(2,3)4)28-24(20)31/h5-11,18,20-22,29H,12-17H2,1-4H3,(H,27,30)(H,28,31). The van der Waals surface area contributed by atoms with Crippen LogP contribution in [0.2, 0.25) is 0 Å². The van der Waals surface area contributed by atoms with Crippen molar-refractivity contribution in [1.29, 1.82) is 0 Å². The van der Waals surface area contributed by atoms with Gasteiger partial charge in [0.1, 0.15) is 6.61 Å². The quantitative estimate of drug-likeness (QED) is 0.449. The van der Waals surface area contributed by atoms with Crippen molar-refractivity contribution in [1.82, 2.24) is 10.6 Å². The van der Waals surface area contributed by atoms with Gasteiger partial charge >= 0.3 is 5.97 Å². The lowest BCUT2D eigenvalue weighted by Gasteiger charge is -2.33. The normalized spacial score (nSPS) is 23.5. The van der Waals surface area contributed by atoms with Gasteiger partial charge in [-0.3, -0.25) is 14.4 Å². The highest BCUT2D eigenvalue weighted by atomic mass is 16.5. The summed E-state index contributed by atoms with van der Waals surface area (Å²) >= 11 is 0. The van der Waals surface area contributed by atoms with Crippen LogP contribution in [0.5, 0.6) is 0 Å². The molecule has 1 heterocycles. The molecule has 0 saturated heterocycles. The number of rotatable bonds is 6. The summed E-state index contributed by atoms with van der Waals surface area (Å²) in [5.74, 6) is -1.69. The van der Waals surface area contributed by atoms with Gasteiger partial charge in [-0.05, 0) is 37.2 Å². The Morgan fingerprint density at radius 1 is 1.15 bits per heavy atom. The highest BCUT2D eigenvalue weighted by Gasteiger charge is 2.32. The molecule has 0 aliphatic carbocycles. The first-order valence-corrected chi connectivity index (χ1v) is 11.7. The zero-order valence-corrected chi connectivity index (χ0v) is 20.2. The largest absolute Gasteiger partial charge is 0.463 e. The van der Waals surface area contributed by atoms with E-state index in [9.17, 15) is 19.5 Å². The first kappa shape index (κ1) is 26.6. The zero-order chi connectivity index (χ0) is 24.4. The second-order valence-corrected chi connectivity index (χ2v) is 9.94. The Kier molecular flexibility index (Phi) is 10.1. The van der Waals surface area contributed by atoms with Crippen molar-refractivity contribution in [3.8, 4) is 0 Å². The topological polar surface area (TPSA) is 105 Å². The first-order chi connectivity index (χ1) is 15.6. The highest BCUT2D eigenvalue weighted by Crippen LogP contribution is 2.23. The second-order valence-electron chi connectivity index (χ2n) is 9.94. The van der Waals surface area contributed by atoms with E-state index in [1.165, 1.54) is 0 Å². The van der Waals surface area contributed by atoms with Gasteiger partial charge in [0.25, 0.3) is 0 Å². The van der Waals surface area contributed by atoms with Gasteiger partial charge in [0.05, 0.1) is 24.5 Å². The molecule has 2 amide bonds. The zero-order valence-electron chi connectivity index (χ0n) is 20.2. The molecule has 0 spiro atoms. The molecule has 1 aliphatic heterocycles. The molecule has 0 aromatic heterocycles.